The Morgan fingerprint density at radius 2 is 2.00 bits per heavy atom. The molecule has 6 nitrogen and oxygen atoms in total. The SMILES string of the molecule is CCN(c1nc(C)cc(Nc2ccccc2C(C)C)n1)C1CCS(=O)(=O)C1. The first kappa shape index (κ1) is 19.6. The van der Waals surface area contributed by atoms with E-state index in [1.807, 2.05) is 43.0 Å². The zero-order chi connectivity index (χ0) is 19.6. The van der Waals surface area contributed by atoms with Crippen molar-refractivity contribution in [1.82, 2.24) is 9.97 Å². The molecule has 1 aliphatic heterocycles. The van der Waals surface area contributed by atoms with Gasteiger partial charge in [0.05, 0.1) is 11.5 Å². The molecule has 1 aromatic carbocycles. The number of nitrogens with one attached hydrogen (secondary N) is 1. The third-order valence-corrected chi connectivity index (χ3v) is 6.69. The number of aryl methyl sites for hydroxylation is 1. The molecule has 1 aliphatic rings. The highest BCUT2D eigenvalue weighted by Gasteiger charge is 2.33. The largest absolute Gasteiger partial charge is 0.340 e. The van der Waals surface area contributed by atoms with Crippen molar-refractivity contribution in [2.24, 2.45) is 0 Å². The van der Waals surface area contributed by atoms with Gasteiger partial charge in [-0.15, -0.1) is 0 Å². The van der Waals surface area contributed by atoms with Crippen LogP contribution < -0.4 is 10.2 Å². The van der Waals surface area contributed by atoms with E-state index in [-0.39, 0.29) is 17.5 Å². The molecule has 7 heteroatoms. The average molecular weight is 389 g/mol. The molecule has 0 radical (unpaired) electrons. The maximum absolute atomic E-state index is 11.9. The molecule has 146 valence electrons. The third-order valence-electron chi connectivity index (χ3n) is 4.93. The fourth-order valence-electron chi connectivity index (χ4n) is 3.58. The molecule has 0 bridgehead atoms. The number of para-hydroxylation sites is 1. The molecule has 1 saturated heterocycles. The molecule has 1 aromatic heterocycles. The molecule has 2 heterocycles. The van der Waals surface area contributed by atoms with Gasteiger partial charge in [-0.25, -0.2) is 13.4 Å². The van der Waals surface area contributed by atoms with Crippen LogP contribution in [0.3, 0.4) is 0 Å². The van der Waals surface area contributed by atoms with Crippen LogP contribution in [0.2, 0.25) is 0 Å². The molecule has 1 N–H and O–H groups in total. The summed E-state index contributed by atoms with van der Waals surface area (Å²) >= 11 is 0. The van der Waals surface area contributed by atoms with Gasteiger partial charge in [0.15, 0.2) is 9.84 Å². The van der Waals surface area contributed by atoms with Crippen LogP contribution in [-0.2, 0) is 9.84 Å². The Kier molecular flexibility index (Phi) is 5.69. The van der Waals surface area contributed by atoms with E-state index in [1.165, 1.54) is 5.56 Å². The molecule has 27 heavy (non-hydrogen) atoms. The number of benzene rings is 1. The first-order chi connectivity index (χ1) is 12.8. The van der Waals surface area contributed by atoms with Crippen molar-refractivity contribution in [2.45, 2.75) is 46.1 Å². The van der Waals surface area contributed by atoms with Gasteiger partial charge in [0.2, 0.25) is 5.95 Å². The highest BCUT2D eigenvalue weighted by atomic mass is 32.2. The van der Waals surface area contributed by atoms with Gasteiger partial charge in [-0.1, -0.05) is 32.0 Å². The molecular weight excluding hydrogens is 360 g/mol. The summed E-state index contributed by atoms with van der Waals surface area (Å²) in [5.74, 6) is 2.13. The zero-order valence-corrected chi connectivity index (χ0v) is 17.3. The maximum Gasteiger partial charge on any atom is 0.227 e. The molecule has 2 aromatic rings. The Bertz CT molecular complexity index is 912. The summed E-state index contributed by atoms with van der Waals surface area (Å²) in [7, 11) is -2.96. The Morgan fingerprint density at radius 1 is 1.26 bits per heavy atom. The van der Waals surface area contributed by atoms with Gasteiger partial charge in [0, 0.05) is 30.0 Å². The van der Waals surface area contributed by atoms with Crippen LogP contribution in [0.4, 0.5) is 17.5 Å². The van der Waals surface area contributed by atoms with Crippen LogP contribution in [0.15, 0.2) is 30.3 Å². The summed E-state index contributed by atoms with van der Waals surface area (Å²) in [6.07, 6.45) is 0.631. The fraction of sp³-hybridized carbons (Fsp3) is 0.500. The molecule has 0 amide bonds. The second-order valence-corrected chi connectivity index (χ2v) is 9.63. The Morgan fingerprint density at radius 3 is 2.63 bits per heavy atom. The van der Waals surface area contributed by atoms with Crippen molar-refractivity contribution in [3.63, 3.8) is 0 Å². The van der Waals surface area contributed by atoms with Crippen molar-refractivity contribution >= 4 is 27.3 Å². The molecule has 1 fully saturated rings. The molecule has 1 unspecified atom stereocenters. The highest BCUT2D eigenvalue weighted by Crippen LogP contribution is 2.28. The standard InChI is InChI=1S/C20H28N4O2S/c1-5-24(16-10-11-27(25,26)13-16)20-21-15(4)12-19(23-20)22-18-9-7-6-8-17(18)14(2)3/h6-9,12,14,16H,5,10-11,13H2,1-4H3,(H,21,22,23). The van der Waals surface area contributed by atoms with Crippen molar-refractivity contribution < 1.29 is 8.42 Å². The van der Waals surface area contributed by atoms with Crippen LogP contribution >= 0.6 is 0 Å². The van der Waals surface area contributed by atoms with Gasteiger partial charge >= 0.3 is 0 Å². The van der Waals surface area contributed by atoms with E-state index in [4.69, 9.17) is 4.98 Å². The number of rotatable bonds is 6. The number of sulfone groups is 1. The summed E-state index contributed by atoms with van der Waals surface area (Å²) in [6.45, 7) is 8.94. The van der Waals surface area contributed by atoms with Gasteiger partial charge in [-0.05, 0) is 37.8 Å². The maximum atomic E-state index is 11.9. The third kappa shape index (κ3) is 4.58. The topological polar surface area (TPSA) is 75.2 Å². The first-order valence-corrected chi connectivity index (χ1v) is 11.3. The number of nitrogens with zero attached hydrogens (tertiary/aromatic N) is 3. The lowest BCUT2D eigenvalue weighted by molar-refractivity contribution is 0.599. The number of anilines is 3. The lowest BCUT2D eigenvalue weighted by Crippen LogP contribution is -2.37. The number of aromatic nitrogens is 2. The molecule has 1 atom stereocenters. The van der Waals surface area contributed by atoms with Gasteiger partial charge in [0.1, 0.15) is 5.82 Å². The van der Waals surface area contributed by atoms with Crippen molar-refractivity contribution in [3.8, 4) is 0 Å². The summed E-state index contributed by atoms with van der Waals surface area (Å²) < 4.78 is 23.8. The van der Waals surface area contributed by atoms with E-state index >= 15 is 0 Å². The number of hydrogen-bond donors (Lipinski definition) is 1. The summed E-state index contributed by atoms with van der Waals surface area (Å²) in [5.41, 5.74) is 3.11. The Balaban J connectivity index is 1.90. The molecule has 0 aliphatic carbocycles. The second-order valence-electron chi connectivity index (χ2n) is 7.40. The molecule has 0 spiro atoms. The fourth-order valence-corrected chi connectivity index (χ4v) is 5.31. The molecule has 0 saturated carbocycles. The second kappa shape index (κ2) is 7.84. The van der Waals surface area contributed by atoms with Crippen LogP contribution in [0.25, 0.3) is 0 Å². The predicted octanol–water partition coefficient (Wildman–Crippen LogP) is 3.67. The molecular formula is C20H28N4O2S. The van der Waals surface area contributed by atoms with E-state index in [0.717, 1.165) is 17.2 Å². The predicted molar refractivity (Wildman–Crippen MR) is 111 cm³/mol. The van der Waals surface area contributed by atoms with Crippen molar-refractivity contribution in [1.29, 1.82) is 0 Å². The van der Waals surface area contributed by atoms with Gasteiger partial charge in [-0.2, -0.15) is 4.98 Å². The van der Waals surface area contributed by atoms with Crippen LogP contribution in [-0.4, -0.2) is 42.5 Å². The Labute approximate surface area is 162 Å². The van der Waals surface area contributed by atoms with Crippen molar-refractivity contribution in [3.05, 3.63) is 41.6 Å². The minimum absolute atomic E-state index is 0.0578. The lowest BCUT2D eigenvalue weighted by atomic mass is 10.0. The zero-order valence-electron chi connectivity index (χ0n) is 16.4. The Hall–Kier alpha value is -2.15. The molecule has 3 rings (SSSR count). The quantitative estimate of drug-likeness (QED) is 0.814. The van der Waals surface area contributed by atoms with E-state index in [9.17, 15) is 8.42 Å². The first-order valence-electron chi connectivity index (χ1n) is 9.47. The van der Waals surface area contributed by atoms with E-state index in [2.05, 4.69) is 30.2 Å². The van der Waals surface area contributed by atoms with Crippen LogP contribution in [0.5, 0.6) is 0 Å². The number of hydrogen-bond acceptors (Lipinski definition) is 6. The van der Waals surface area contributed by atoms with Gasteiger partial charge in [-0.3, -0.25) is 0 Å². The van der Waals surface area contributed by atoms with Crippen molar-refractivity contribution in [2.75, 3.05) is 28.3 Å². The normalized spacial score (nSPS) is 18.6. The average Bonchev–Trinajstić information content (AvgIpc) is 2.95. The highest BCUT2D eigenvalue weighted by molar-refractivity contribution is 7.91. The van der Waals surface area contributed by atoms with E-state index in [0.29, 0.717) is 24.8 Å². The lowest BCUT2D eigenvalue weighted by Gasteiger charge is -2.27. The monoisotopic (exact) mass is 388 g/mol. The van der Waals surface area contributed by atoms with E-state index in [1.54, 1.807) is 0 Å². The summed E-state index contributed by atoms with van der Waals surface area (Å²) in [6, 6.07) is 10.1. The minimum atomic E-state index is -2.96. The summed E-state index contributed by atoms with van der Waals surface area (Å²) in [4.78, 5) is 11.3. The van der Waals surface area contributed by atoms with Gasteiger partial charge < -0.3 is 10.2 Å². The van der Waals surface area contributed by atoms with Crippen LogP contribution in [0, 0.1) is 6.92 Å². The van der Waals surface area contributed by atoms with Gasteiger partial charge in [0.25, 0.3) is 0 Å². The van der Waals surface area contributed by atoms with Crippen LogP contribution in [0.1, 0.15) is 44.4 Å². The smallest absolute Gasteiger partial charge is 0.227 e. The van der Waals surface area contributed by atoms with E-state index < -0.39 is 9.84 Å². The minimum Gasteiger partial charge on any atom is -0.340 e. The summed E-state index contributed by atoms with van der Waals surface area (Å²) in [5, 5.41) is 3.42.